The molecule has 0 atom stereocenters. The second kappa shape index (κ2) is 5.69. The van der Waals surface area contributed by atoms with Crippen molar-refractivity contribution in [3.63, 3.8) is 0 Å². The van der Waals surface area contributed by atoms with Crippen LogP contribution >= 0.6 is 0 Å². The lowest BCUT2D eigenvalue weighted by molar-refractivity contribution is 0.111. The molecule has 0 fully saturated rings. The summed E-state index contributed by atoms with van der Waals surface area (Å²) in [6.45, 7) is 6.77. The molecular weight excluding hydrogens is 128 g/mol. The minimum Gasteiger partial charge on any atom is -0.412 e. The maximum absolute atomic E-state index is 8.98. The van der Waals surface area contributed by atoms with E-state index in [0.717, 1.165) is 19.3 Å². The molecule has 0 aromatic heterocycles. The SMILES string of the molecule is CCC(CC)(CC)CO.O. The van der Waals surface area contributed by atoms with E-state index in [0.29, 0.717) is 6.61 Å². The number of rotatable bonds is 4. The molecule has 0 aliphatic heterocycles. The van der Waals surface area contributed by atoms with Crippen LogP contribution in [0.25, 0.3) is 0 Å². The van der Waals surface area contributed by atoms with E-state index in [4.69, 9.17) is 5.11 Å². The highest BCUT2D eigenvalue weighted by atomic mass is 16.3. The topological polar surface area (TPSA) is 51.7 Å². The van der Waals surface area contributed by atoms with Crippen LogP contribution in [-0.2, 0) is 0 Å². The molecule has 0 amide bonds. The molecule has 0 rings (SSSR count). The van der Waals surface area contributed by atoms with E-state index in [2.05, 4.69) is 20.8 Å². The third-order valence-corrected chi connectivity index (χ3v) is 2.59. The lowest BCUT2D eigenvalue weighted by atomic mass is 9.81. The van der Waals surface area contributed by atoms with Crippen molar-refractivity contribution in [3.05, 3.63) is 0 Å². The number of hydrogen-bond acceptors (Lipinski definition) is 1. The third-order valence-electron chi connectivity index (χ3n) is 2.59. The van der Waals surface area contributed by atoms with Crippen molar-refractivity contribution < 1.29 is 10.6 Å². The number of aliphatic hydroxyl groups is 1. The first-order valence-corrected chi connectivity index (χ1v) is 3.85. The second-order valence-corrected chi connectivity index (χ2v) is 2.72. The first-order valence-electron chi connectivity index (χ1n) is 3.85. The Labute approximate surface area is 63.6 Å². The van der Waals surface area contributed by atoms with Crippen molar-refractivity contribution >= 4 is 0 Å². The molecule has 3 N–H and O–H groups in total. The van der Waals surface area contributed by atoms with E-state index >= 15 is 0 Å². The molecule has 0 aliphatic carbocycles. The predicted molar refractivity (Wildman–Crippen MR) is 44.0 cm³/mol. The summed E-state index contributed by atoms with van der Waals surface area (Å²) in [6.07, 6.45) is 3.28. The zero-order valence-corrected chi connectivity index (χ0v) is 7.28. The van der Waals surface area contributed by atoms with Crippen LogP contribution in [-0.4, -0.2) is 17.2 Å². The zero-order chi connectivity index (χ0) is 7.33. The minimum atomic E-state index is 0. The molecule has 0 aliphatic rings. The van der Waals surface area contributed by atoms with Gasteiger partial charge < -0.3 is 10.6 Å². The molecule has 0 aromatic rings. The molecule has 0 heterocycles. The molecule has 0 radical (unpaired) electrons. The van der Waals surface area contributed by atoms with Gasteiger partial charge in [0.05, 0.1) is 0 Å². The summed E-state index contributed by atoms with van der Waals surface area (Å²) < 4.78 is 0. The molecule has 0 saturated heterocycles. The van der Waals surface area contributed by atoms with Gasteiger partial charge >= 0.3 is 0 Å². The molecule has 2 nitrogen and oxygen atoms in total. The molecule has 0 aromatic carbocycles. The highest BCUT2D eigenvalue weighted by molar-refractivity contribution is 4.72. The monoisotopic (exact) mass is 148 g/mol. The Bertz CT molecular complexity index is 50.1. The van der Waals surface area contributed by atoms with Crippen LogP contribution in [0, 0.1) is 5.41 Å². The Kier molecular flexibility index (Phi) is 7.15. The van der Waals surface area contributed by atoms with Gasteiger partial charge in [0.2, 0.25) is 0 Å². The van der Waals surface area contributed by atoms with Crippen LogP contribution < -0.4 is 0 Å². The van der Waals surface area contributed by atoms with E-state index in [1.807, 2.05) is 0 Å². The van der Waals surface area contributed by atoms with Gasteiger partial charge in [0.15, 0.2) is 0 Å². The third kappa shape index (κ3) is 2.67. The van der Waals surface area contributed by atoms with Gasteiger partial charge in [0.1, 0.15) is 0 Å². The highest BCUT2D eigenvalue weighted by Gasteiger charge is 2.21. The average molecular weight is 148 g/mol. The summed E-state index contributed by atoms with van der Waals surface area (Å²) in [5.41, 5.74) is 0.222. The van der Waals surface area contributed by atoms with Gasteiger partial charge in [-0.3, -0.25) is 0 Å². The summed E-state index contributed by atoms with van der Waals surface area (Å²) in [5.74, 6) is 0. The van der Waals surface area contributed by atoms with Gasteiger partial charge in [-0.25, -0.2) is 0 Å². The Hall–Kier alpha value is -0.0800. The Morgan fingerprint density at radius 2 is 1.30 bits per heavy atom. The largest absolute Gasteiger partial charge is 0.412 e. The molecule has 0 bridgehead atoms. The number of hydrogen-bond donors (Lipinski definition) is 1. The maximum Gasteiger partial charge on any atom is 0.0487 e. The summed E-state index contributed by atoms with van der Waals surface area (Å²) in [6, 6.07) is 0. The Morgan fingerprint density at radius 1 is 1.00 bits per heavy atom. The van der Waals surface area contributed by atoms with Gasteiger partial charge in [-0.15, -0.1) is 0 Å². The second-order valence-electron chi connectivity index (χ2n) is 2.72. The van der Waals surface area contributed by atoms with Gasteiger partial charge in [0, 0.05) is 6.61 Å². The molecule has 0 spiro atoms. The first kappa shape index (κ1) is 12.6. The van der Waals surface area contributed by atoms with Gasteiger partial charge in [-0.2, -0.15) is 0 Å². The maximum atomic E-state index is 8.98. The molecule has 10 heavy (non-hydrogen) atoms. The fourth-order valence-electron chi connectivity index (χ4n) is 1.09. The van der Waals surface area contributed by atoms with Gasteiger partial charge in [0.25, 0.3) is 0 Å². The van der Waals surface area contributed by atoms with Crippen molar-refractivity contribution in [2.45, 2.75) is 40.0 Å². The fraction of sp³-hybridized carbons (Fsp3) is 1.00. The van der Waals surface area contributed by atoms with Crippen molar-refractivity contribution in [2.24, 2.45) is 5.41 Å². The molecule has 0 unspecified atom stereocenters. The molecular formula is C8H20O2. The first-order chi connectivity index (χ1) is 4.24. The van der Waals surface area contributed by atoms with E-state index in [-0.39, 0.29) is 10.9 Å². The lowest BCUT2D eigenvalue weighted by Gasteiger charge is -2.27. The summed E-state index contributed by atoms with van der Waals surface area (Å²) in [5, 5.41) is 8.98. The van der Waals surface area contributed by atoms with Crippen LogP contribution in [0.2, 0.25) is 0 Å². The van der Waals surface area contributed by atoms with E-state index in [9.17, 15) is 0 Å². The molecule has 2 heteroatoms. The van der Waals surface area contributed by atoms with Crippen molar-refractivity contribution in [3.8, 4) is 0 Å². The standard InChI is InChI=1S/C8H18O.H2O/c1-4-8(5-2,6-3)7-9;/h9H,4-7H2,1-3H3;1H2. The van der Waals surface area contributed by atoms with Gasteiger partial charge in [-0.1, -0.05) is 20.8 Å². The minimum absolute atomic E-state index is 0. The van der Waals surface area contributed by atoms with Crippen LogP contribution in [0.1, 0.15) is 40.0 Å². The zero-order valence-electron chi connectivity index (χ0n) is 7.28. The van der Waals surface area contributed by atoms with Crippen LogP contribution in [0.3, 0.4) is 0 Å². The van der Waals surface area contributed by atoms with Crippen LogP contribution in [0.15, 0.2) is 0 Å². The van der Waals surface area contributed by atoms with Crippen molar-refractivity contribution in [1.82, 2.24) is 0 Å². The summed E-state index contributed by atoms with van der Waals surface area (Å²) in [7, 11) is 0. The average Bonchev–Trinajstić information content (AvgIpc) is 1.95. The highest BCUT2D eigenvalue weighted by Crippen LogP contribution is 2.28. The summed E-state index contributed by atoms with van der Waals surface area (Å²) in [4.78, 5) is 0. The normalized spacial score (nSPS) is 10.8. The predicted octanol–water partition coefficient (Wildman–Crippen LogP) is 1.37. The van der Waals surface area contributed by atoms with Crippen LogP contribution in [0.5, 0.6) is 0 Å². The fourth-order valence-corrected chi connectivity index (χ4v) is 1.09. The van der Waals surface area contributed by atoms with Gasteiger partial charge in [-0.05, 0) is 24.7 Å². The number of aliphatic hydroxyl groups excluding tert-OH is 1. The van der Waals surface area contributed by atoms with E-state index in [1.165, 1.54) is 0 Å². The Balaban J connectivity index is 0. The van der Waals surface area contributed by atoms with E-state index < -0.39 is 0 Å². The lowest BCUT2D eigenvalue weighted by Crippen LogP contribution is -2.22. The van der Waals surface area contributed by atoms with E-state index in [1.54, 1.807) is 0 Å². The van der Waals surface area contributed by atoms with Crippen molar-refractivity contribution in [2.75, 3.05) is 6.61 Å². The Morgan fingerprint density at radius 3 is 1.30 bits per heavy atom. The van der Waals surface area contributed by atoms with Crippen LogP contribution in [0.4, 0.5) is 0 Å². The quantitative estimate of drug-likeness (QED) is 0.643. The molecule has 0 saturated carbocycles. The summed E-state index contributed by atoms with van der Waals surface area (Å²) >= 11 is 0. The smallest absolute Gasteiger partial charge is 0.0487 e. The molecule has 64 valence electrons. The van der Waals surface area contributed by atoms with Crippen molar-refractivity contribution in [1.29, 1.82) is 0 Å².